The minimum absolute atomic E-state index is 0.193. The Bertz CT molecular complexity index is 443. The maximum atomic E-state index is 11.9. The summed E-state index contributed by atoms with van der Waals surface area (Å²) in [6.45, 7) is 3.64. The molecule has 2 unspecified atom stereocenters. The van der Waals surface area contributed by atoms with Gasteiger partial charge in [0.2, 0.25) is 0 Å². The van der Waals surface area contributed by atoms with Gasteiger partial charge in [-0.2, -0.15) is 0 Å². The number of nitrogens with one attached hydrogen (secondary N) is 1. The molecule has 7 heteroatoms. The van der Waals surface area contributed by atoms with Gasteiger partial charge in [-0.25, -0.2) is 15.0 Å². The van der Waals surface area contributed by atoms with Crippen LogP contribution in [0.4, 0.5) is 0 Å². The molecule has 7 nitrogen and oxygen atoms in total. The van der Waals surface area contributed by atoms with Crippen LogP contribution in [0.1, 0.15) is 19.5 Å². The van der Waals surface area contributed by atoms with E-state index in [1.54, 1.807) is 26.4 Å². The van der Waals surface area contributed by atoms with Crippen molar-refractivity contribution in [3.63, 3.8) is 0 Å². The number of H-pyrrole nitrogens is 1. The molecule has 2 atom stereocenters. The summed E-state index contributed by atoms with van der Waals surface area (Å²) in [7, 11) is 0. The van der Waals surface area contributed by atoms with Crippen molar-refractivity contribution >= 4 is 11.8 Å². The average molecular weight is 252 g/mol. The third-order valence-corrected chi connectivity index (χ3v) is 2.78. The Morgan fingerprint density at radius 1 is 1.67 bits per heavy atom. The Balaban J connectivity index is 1.89. The van der Waals surface area contributed by atoms with Gasteiger partial charge in [0.25, 0.3) is 5.91 Å². The first-order valence-corrected chi connectivity index (χ1v) is 5.76. The van der Waals surface area contributed by atoms with Crippen LogP contribution in [0.3, 0.4) is 0 Å². The number of hydrogen-bond acceptors (Lipinski definition) is 5. The molecule has 98 valence electrons. The molecule has 18 heavy (non-hydrogen) atoms. The molecule has 2 heterocycles. The quantitative estimate of drug-likeness (QED) is 0.598. The summed E-state index contributed by atoms with van der Waals surface area (Å²) in [6, 6.07) is -0.656. The fourth-order valence-corrected chi connectivity index (χ4v) is 1.83. The Hall–Kier alpha value is -1.89. The number of aliphatic imine (C=N–C) groups is 1. The van der Waals surface area contributed by atoms with E-state index in [1.807, 2.05) is 0 Å². The Morgan fingerprint density at radius 3 is 3.00 bits per heavy atom. The molecule has 0 saturated heterocycles. The van der Waals surface area contributed by atoms with E-state index < -0.39 is 11.9 Å². The normalized spacial score (nSPS) is 22.5. The molecule has 0 bridgehead atoms. The molecule has 2 rings (SSSR count). The minimum atomic E-state index is -0.656. The average Bonchev–Trinajstić information content (AvgIpc) is 2.94. The van der Waals surface area contributed by atoms with Crippen LogP contribution in [0.2, 0.25) is 0 Å². The number of carbonyl (C=O) groups is 1. The molecular weight excluding hydrogens is 236 g/mol. The third-order valence-electron chi connectivity index (χ3n) is 2.78. The van der Waals surface area contributed by atoms with Gasteiger partial charge >= 0.3 is 0 Å². The van der Waals surface area contributed by atoms with E-state index in [1.165, 1.54) is 0 Å². The van der Waals surface area contributed by atoms with Gasteiger partial charge < -0.3 is 9.72 Å². The van der Waals surface area contributed by atoms with E-state index >= 15 is 0 Å². The lowest BCUT2D eigenvalue weighted by Gasteiger charge is -2.19. The first-order chi connectivity index (χ1) is 8.58. The molecule has 1 aliphatic heterocycles. The van der Waals surface area contributed by atoms with Gasteiger partial charge in [-0.1, -0.05) is 0 Å². The zero-order valence-electron chi connectivity index (χ0n) is 10.3. The van der Waals surface area contributed by atoms with Crippen LogP contribution < -0.4 is 0 Å². The molecule has 0 aromatic carbocycles. The van der Waals surface area contributed by atoms with Crippen molar-refractivity contribution in [3.8, 4) is 0 Å². The summed E-state index contributed by atoms with van der Waals surface area (Å²) in [6.07, 6.45) is 3.38. The van der Waals surface area contributed by atoms with Crippen LogP contribution >= 0.6 is 0 Å². The van der Waals surface area contributed by atoms with Gasteiger partial charge in [0, 0.05) is 25.2 Å². The van der Waals surface area contributed by atoms with Gasteiger partial charge in [0.1, 0.15) is 6.10 Å². The van der Waals surface area contributed by atoms with Crippen molar-refractivity contribution in [2.45, 2.75) is 32.4 Å². The molecule has 0 aliphatic carbocycles. The number of hydroxylamine groups is 2. The number of imidazole rings is 1. The van der Waals surface area contributed by atoms with Crippen LogP contribution in [-0.4, -0.2) is 50.7 Å². The SMILES string of the molecule is CC1=NC(C(=O)N(O)CCc2cnc[nH]2)C(C)O1. The Kier molecular flexibility index (Phi) is 3.61. The van der Waals surface area contributed by atoms with Gasteiger partial charge in [0.05, 0.1) is 12.9 Å². The van der Waals surface area contributed by atoms with Crippen LogP contribution in [0.5, 0.6) is 0 Å². The fourth-order valence-electron chi connectivity index (χ4n) is 1.83. The largest absolute Gasteiger partial charge is 0.475 e. The van der Waals surface area contributed by atoms with Crippen molar-refractivity contribution in [3.05, 3.63) is 18.2 Å². The summed E-state index contributed by atoms with van der Waals surface area (Å²) in [4.78, 5) is 22.7. The van der Waals surface area contributed by atoms with Crippen LogP contribution in [0, 0.1) is 0 Å². The van der Waals surface area contributed by atoms with E-state index in [9.17, 15) is 10.0 Å². The molecule has 0 fully saturated rings. The van der Waals surface area contributed by atoms with Crippen LogP contribution in [-0.2, 0) is 16.0 Å². The van der Waals surface area contributed by atoms with Gasteiger partial charge in [0.15, 0.2) is 11.9 Å². The molecule has 1 aromatic rings. The number of aromatic nitrogens is 2. The third kappa shape index (κ3) is 2.67. The second-order valence-corrected chi connectivity index (χ2v) is 4.20. The highest BCUT2D eigenvalue weighted by atomic mass is 16.5. The van der Waals surface area contributed by atoms with Crippen LogP contribution in [0.25, 0.3) is 0 Å². The lowest BCUT2D eigenvalue weighted by atomic mass is 10.2. The summed E-state index contributed by atoms with van der Waals surface area (Å²) in [5, 5.41) is 10.4. The number of ether oxygens (including phenoxy) is 1. The maximum absolute atomic E-state index is 11.9. The predicted octanol–water partition coefficient (Wildman–Crippen LogP) is 0.376. The molecule has 2 N–H and O–H groups in total. The highest BCUT2D eigenvalue weighted by Crippen LogP contribution is 2.15. The predicted molar refractivity (Wildman–Crippen MR) is 63.2 cm³/mol. The van der Waals surface area contributed by atoms with Crippen molar-refractivity contribution in [2.24, 2.45) is 4.99 Å². The van der Waals surface area contributed by atoms with Gasteiger partial charge in [-0.05, 0) is 6.92 Å². The first kappa shape index (κ1) is 12.6. The molecule has 0 spiro atoms. The van der Waals surface area contributed by atoms with Crippen molar-refractivity contribution in [2.75, 3.05) is 6.54 Å². The fraction of sp³-hybridized carbons (Fsp3) is 0.545. The number of carbonyl (C=O) groups excluding carboxylic acids is 1. The highest BCUT2D eigenvalue weighted by Gasteiger charge is 2.34. The standard InChI is InChI=1S/C11H16N4O3/c1-7-10(14-8(2)18-7)11(16)15(17)4-3-9-5-12-6-13-9/h5-7,10,17H,3-4H2,1-2H3,(H,12,13). The van der Waals surface area contributed by atoms with E-state index in [0.29, 0.717) is 17.4 Å². The topological polar surface area (TPSA) is 90.8 Å². The van der Waals surface area contributed by atoms with Crippen molar-refractivity contribution in [1.82, 2.24) is 15.0 Å². The number of amides is 1. The van der Waals surface area contributed by atoms with E-state index in [4.69, 9.17) is 4.74 Å². The molecule has 1 aromatic heterocycles. The van der Waals surface area contributed by atoms with Crippen LogP contribution in [0.15, 0.2) is 17.5 Å². The number of aromatic amines is 1. The second kappa shape index (κ2) is 5.18. The number of nitrogens with zero attached hydrogens (tertiary/aromatic N) is 3. The smallest absolute Gasteiger partial charge is 0.274 e. The lowest BCUT2D eigenvalue weighted by molar-refractivity contribution is -0.168. The van der Waals surface area contributed by atoms with Crippen molar-refractivity contribution < 1.29 is 14.7 Å². The Labute approximate surface area is 104 Å². The van der Waals surface area contributed by atoms with E-state index in [-0.39, 0.29) is 12.6 Å². The molecule has 1 aliphatic rings. The zero-order chi connectivity index (χ0) is 13.1. The minimum Gasteiger partial charge on any atom is -0.475 e. The monoisotopic (exact) mass is 252 g/mol. The van der Waals surface area contributed by atoms with Gasteiger partial charge in [-0.3, -0.25) is 10.0 Å². The highest BCUT2D eigenvalue weighted by molar-refractivity contribution is 5.87. The Morgan fingerprint density at radius 2 is 2.44 bits per heavy atom. The summed E-state index contributed by atoms with van der Waals surface area (Å²) in [5.41, 5.74) is 0.859. The first-order valence-electron chi connectivity index (χ1n) is 5.76. The number of hydrogen-bond donors (Lipinski definition) is 2. The summed E-state index contributed by atoms with van der Waals surface area (Å²) in [5.74, 6) is 0.0293. The maximum Gasteiger partial charge on any atom is 0.274 e. The van der Waals surface area contributed by atoms with E-state index in [2.05, 4.69) is 15.0 Å². The summed E-state index contributed by atoms with van der Waals surface area (Å²) >= 11 is 0. The lowest BCUT2D eigenvalue weighted by Crippen LogP contribution is -2.41. The van der Waals surface area contributed by atoms with Crippen molar-refractivity contribution in [1.29, 1.82) is 0 Å². The molecule has 0 saturated carbocycles. The molecule has 1 amide bonds. The number of rotatable bonds is 4. The molecule has 0 radical (unpaired) electrons. The summed E-state index contributed by atoms with van der Waals surface area (Å²) < 4.78 is 5.27. The van der Waals surface area contributed by atoms with Gasteiger partial charge in [-0.15, -0.1) is 0 Å². The second-order valence-electron chi connectivity index (χ2n) is 4.20. The zero-order valence-corrected chi connectivity index (χ0v) is 10.3. The van der Waals surface area contributed by atoms with E-state index in [0.717, 1.165) is 5.69 Å². The molecular formula is C11H16N4O3.